The third-order valence-electron chi connectivity index (χ3n) is 6.06. The molecule has 0 spiro atoms. The molecule has 182 valence electrons. The number of carboxylic acid groups (broad SMARTS) is 1. The molecule has 2 amide bonds. The van der Waals surface area contributed by atoms with Gasteiger partial charge in [0.05, 0.1) is 5.56 Å². The highest BCUT2D eigenvalue weighted by atomic mass is 19.4. The molecular weight excluding hydrogens is 459 g/mol. The number of halogens is 3. The summed E-state index contributed by atoms with van der Waals surface area (Å²) in [7, 11) is 0. The van der Waals surface area contributed by atoms with E-state index in [1.165, 1.54) is 17.0 Å². The summed E-state index contributed by atoms with van der Waals surface area (Å²) in [4.78, 5) is 27.6. The molecule has 2 N–H and O–H groups in total. The summed E-state index contributed by atoms with van der Waals surface area (Å²) in [6.45, 7) is 3.82. The first-order valence-electron chi connectivity index (χ1n) is 11.0. The van der Waals surface area contributed by atoms with E-state index < -0.39 is 17.8 Å². The summed E-state index contributed by atoms with van der Waals surface area (Å²) < 4.78 is 38.9. The molecule has 0 aromatic heterocycles. The second kappa shape index (κ2) is 9.69. The van der Waals surface area contributed by atoms with Gasteiger partial charge in [0, 0.05) is 43.1 Å². The van der Waals surface area contributed by atoms with Crippen molar-refractivity contribution in [2.75, 3.05) is 36.4 Å². The molecule has 0 bridgehead atoms. The van der Waals surface area contributed by atoms with Gasteiger partial charge in [0.2, 0.25) is 0 Å². The van der Waals surface area contributed by atoms with Crippen LogP contribution in [0.4, 0.5) is 29.3 Å². The standard InChI is InChI=1S/C26H24F3N3O3/c1-17-3-2-4-22(23(17)18-5-7-19(8-6-18)26(27,28)29)24(33)30-20-9-11-21(12-10-20)31-13-15-32(16-14-31)25(34)35/h2-12H,13-16H2,1H3,(H,30,33)(H,34,35). The van der Waals surface area contributed by atoms with Crippen molar-refractivity contribution in [3.8, 4) is 11.1 Å². The minimum absolute atomic E-state index is 0.360. The van der Waals surface area contributed by atoms with Crippen LogP contribution in [0.25, 0.3) is 11.1 Å². The molecule has 1 aliphatic heterocycles. The first kappa shape index (κ1) is 24.1. The molecule has 0 saturated carbocycles. The lowest BCUT2D eigenvalue weighted by molar-refractivity contribution is -0.137. The van der Waals surface area contributed by atoms with Crippen LogP contribution in [-0.2, 0) is 6.18 Å². The Balaban J connectivity index is 1.50. The Morgan fingerprint density at radius 3 is 2.09 bits per heavy atom. The van der Waals surface area contributed by atoms with Crippen LogP contribution in [0, 0.1) is 6.92 Å². The van der Waals surface area contributed by atoms with Gasteiger partial charge in [-0.3, -0.25) is 4.79 Å². The quantitative estimate of drug-likeness (QED) is 0.497. The molecular formula is C26H24F3N3O3. The second-order valence-electron chi connectivity index (χ2n) is 8.33. The Bertz CT molecular complexity index is 1220. The average molecular weight is 483 g/mol. The zero-order valence-corrected chi connectivity index (χ0v) is 19.0. The van der Waals surface area contributed by atoms with Gasteiger partial charge in [0.1, 0.15) is 0 Å². The van der Waals surface area contributed by atoms with Gasteiger partial charge in [-0.1, -0.05) is 24.3 Å². The third-order valence-corrected chi connectivity index (χ3v) is 6.06. The number of carbonyl (C=O) groups excluding carboxylic acids is 1. The zero-order chi connectivity index (χ0) is 25.2. The van der Waals surface area contributed by atoms with Crippen LogP contribution >= 0.6 is 0 Å². The molecule has 0 aliphatic carbocycles. The molecule has 35 heavy (non-hydrogen) atoms. The highest BCUT2D eigenvalue weighted by Crippen LogP contribution is 2.33. The molecule has 9 heteroatoms. The van der Waals surface area contributed by atoms with E-state index in [9.17, 15) is 22.8 Å². The first-order valence-corrected chi connectivity index (χ1v) is 11.0. The van der Waals surface area contributed by atoms with Crippen LogP contribution in [-0.4, -0.2) is 48.2 Å². The summed E-state index contributed by atoms with van der Waals surface area (Å²) in [6, 6.07) is 17.2. The summed E-state index contributed by atoms with van der Waals surface area (Å²) in [6.07, 6.45) is -5.35. The van der Waals surface area contributed by atoms with Crippen LogP contribution < -0.4 is 10.2 Å². The number of hydrogen-bond acceptors (Lipinski definition) is 3. The maximum atomic E-state index is 13.1. The number of nitrogens with zero attached hydrogens (tertiary/aromatic N) is 2. The van der Waals surface area contributed by atoms with Gasteiger partial charge < -0.3 is 20.2 Å². The molecule has 1 heterocycles. The van der Waals surface area contributed by atoms with Crippen molar-refractivity contribution in [2.45, 2.75) is 13.1 Å². The molecule has 3 aromatic rings. The maximum Gasteiger partial charge on any atom is 0.416 e. The van der Waals surface area contributed by atoms with Crippen molar-refractivity contribution >= 4 is 23.4 Å². The zero-order valence-electron chi connectivity index (χ0n) is 19.0. The monoisotopic (exact) mass is 483 g/mol. The Morgan fingerprint density at radius 1 is 0.886 bits per heavy atom. The number of aryl methyl sites for hydroxylation is 1. The van der Waals surface area contributed by atoms with Gasteiger partial charge in [0.25, 0.3) is 5.91 Å². The Hall–Kier alpha value is -4.01. The summed E-state index contributed by atoms with van der Waals surface area (Å²) in [5.41, 5.74) is 2.98. The van der Waals surface area contributed by atoms with Crippen molar-refractivity contribution in [2.24, 2.45) is 0 Å². The molecule has 3 aromatic carbocycles. The smallest absolute Gasteiger partial charge is 0.416 e. The molecule has 6 nitrogen and oxygen atoms in total. The number of anilines is 2. The van der Waals surface area contributed by atoms with Crippen LogP contribution in [0.15, 0.2) is 66.7 Å². The lowest BCUT2D eigenvalue weighted by Crippen LogP contribution is -2.48. The maximum absolute atomic E-state index is 13.1. The van der Waals surface area contributed by atoms with Crippen molar-refractivity contribution in [3.63, 3.8) is 0 Å². The fourth-order valence-corrected chi connectivity index (χ4v) is 4.18. The molecule has 0 unspecified atom stereocenters. The van der Waals surface area contributed by atoms with Crippen LogP contribution in [0.5, 0.6) is 0 Å². The highest BCUT2D eigenvalue weighted by molar-refractivity contribution is 6.09. The van der Waals surface area contributed by atoms with E-state index in [0.29, 0.717) is 48.6 Å². The van der Waals surface area contributed by atoms with Gasteiger partial charge in [-0.05, 0) is 66.1 Å². The number of benzene rings is 3. The van der Waals surface area contributed by atoms with E-state index >= 15 is 0 Å². The van der Waals surface area contributed by atoms with Gasteiger partial charge in [-0.15, -0.1) is 0 Å². The minimum atomic E-state index is -4.43. The van der Waals surface area contributed by atoms with Crippen LogP contribution in [0.1, 0.15) is 21.5 Å². The number of nitrogens with one attached hydrogen (secondary N) is 1. The Morgan fingerprint density at radius 2 is 1.51 bits per heavy atom. The topological polar surface area (TPSA) is 72.9 Å². The second-order valence-corrected chi connectivity index (χ2v) is 8.33. The molecule has 0 atom stereocenters. The Kier molecular flexibility index (Phi) is 6.68. The number of piperazine rings is 1. The van der Waals surface area contributed by atoms with Gasteiger partial charge in [-0.2, -0.15) is 13.2 Å². The van der Waals surface area contributed by atoms with E-state index in [1.807, 2.05) is 25.1 Å². The van der Waals surface area contributed by atoms with Crippen molar-refractivity contribution in [1.82, 2.24) is 4.90 Å². The van der Waals surface area contributed by atoms with Gasteiger partial charge in [0.15, 0.2) is 0 Å². The predicted molar refractivity (Wildman–Crippen MR) is 128 cm³/mol. The number of rotatable bonds is 4. The normalized spacial score (nSPS) is 14.1. The van der Waals surface area contributed by atoms with Gasteiger partial charge >= 0.3 is 12.3 Å². The number of carbonyl (C=O) groups is 2. The van der Waals surface area contributed by atoms with Crippen LogP contribution in [0.2, 0.25) is 0 Å². The fourth-order valence-electron chi connectivity index (χ4n) is 4.18. The fraction of sp³-hybridized carbons (Fsp3) is 0.231. The largest absolute Gasteiger partial charge is 0.465 e. The molecule has 4 rings (SSSR count). The highest BCUT2D eigenvalue weighted by Gasteiger charge is 2.30. The SMILES string of the molecule is Cc1cccc(C(=O)Nc2ccc(N3CCN(C(=O)O)CC3)cc2)c1-c1ccc(C(F)(F)F)cc1. The van der Waals surface area contributed by atoms with Crippen molar-refractivity contribution < 1.29 is 27.9 Å². The summed E-state index contributed by atoms with van der Waals surface area (Å²) in [5, 5.41) is 11.9. The van der Waals surface area contributed by atoms with Crippen molar-refractivity contribution in [1.29, 1.82) is 0 Å². The van der Waals surface area contributed by atoms with Crippen molar-refractivity contribution in [3.05, 3.63) is 83.4 Å². The Labute approximate surface area is 200 Å². The van der Waals surface area contributed by atoms with E-state index in [1.54, 1.807) is 24.3 Å². The average Bonchev–Trinajstić information content (AvgIpc) is 2.84. The summed E-state index contributed by atoms with van der Waals surface area (Å²) >= 11 is 0. The van der Waals surface area contributed by atoms with E-state index in [2.05, 4.69) is 10.2 Å². The minimum Gasteiger partial charge on any atom is -0.465 e. The van der Waals surface area contributed by atoms with E-state index in [0.717, 1.165) is 23.4 Å². The lowest BCUT2D eigenvalue weighted by atomic mass is 9.94. The first-order chi connectivity index (χ1) is 16.6. The van der Waals surface area contributed by atoms with E-state index in [4.69, 9.17) is 5.11 Å². The number of hydrogen-bond donors (Lipinski definition) is 2. The molecule has 0 radical (unpaired) electrons. The molecule has 1 saturated heterocycles. The predicted octanol–water partition coefficient (Wildman–Crippen LogP) is 5.73. The lowest BCUT2D eigenvalue weighted by Gasteiger charge is -2.34. The number of amides is 2. The number of alkyl halides is 3. The summed E-state index contributed by atoms with van der Waals surface area (Å²) in [5.74, 6) is -0.369. The third kappa shape index (κ3) is 5.40. The molecule has 1 aliphatic rings. The van der Waals surface area contributed by atoms with E-state index in [-0.39, 0.29) is 5.91 Å². The molecule has 1 fully saturated rings. The van der Waals surface area contributed by atoms with Gasteiger partial charge in [-0.25, -0.2) is 4.79 Å². The van der Waals surface area contributed by atoms with Crippen LogP contribution in [0.3, 0.4) is 0 Å².